The number of hydrogen-bond donors (Lipinski definition) is 2. The van der Waals surface area contributed by atoms with Crippen molar-refractivity contribution in [1.29, 1.82) is 0 Å². The van der Waals surface area contributed by atoms with Crippen LogP contribution in [0.2, 0.25) is 5.02 Å². The molecule has 2 aromatic heterocycles. The van der Waals surface area contributed by atoms with Gasteiger partial charge in [0.05, 0.1) is 5.69 Å². The van der Waals surface area contributed by atoms with Gasteiger partial charge in [0.15, 0.2) is 11.5 Å². The molecule has 220 valence electrons. The zero-order valence-corrected chi connectivity index (χ0v) is 26.5. The van der Waals surface area contributed by atoms with Gasteiger partial charge < -0.3 is 5.32 Å². The average molecular weight is 594 g/mol. The number of fused-ring (bicyclic) bond motifs is 1. The van der Waals surface area contributed by atoms with Crippen molar-refractivity contribution in [3.05, 3.63) is 64.8 Å². The molecule has 0 aliphatic heterocycles. The average Bonchev–Trinajstić information content (AvgIpc) is 3.51. The number of nitrogens with zero attached hydrogens (tertiary/aromatic N) is 3. The van der Waals surface area contributed by atoms with Gasteiger partial charge in [-0.15, -0.1) is 16.9 Å². The standard InChI is InChI=1S/C33H44ClN5OS/c1-5-6-7-8-9-10-11-12-13-14-22-41-27-20-18-24(19-21-27)32(40)35-26-17-15-16-25(23-26)30-36-31-28(34)29(33(2,3)4)37-39(31)38-30/h15-21,23,37H,5-14,22H2,1-4H3,(H,35,40). The molecule has 0 saturated carbocycles. The van der Waals surface area contributed by atoms with Crippen LogP contribution in [0.4, 0.5) is 5.69 Å². The van der Waals surface area contributed by atoms with Gasteiger partial charge >= 0.3 is 0 Å². The molecule has 8 heteroatoms. The summed E-state index contributed by atoms with van der Waals surface area (Å²) in [6, 6.07) is 15.4. The molecule has 0 unspecified atom stereocenters. The molecule has 0 aliphatic rings. The van der Waals surface area contributed by atoms with Crippen molar-refractivity contribution in [1.82, 2.24) is 19.8 Å². The number of carbonyl (C=O) groups excluding carboxylic acids is 1. The van der Waals surface area contributed by atoms with Crippen molar-refractivity contribution >= 4 is 40.6 Å². The Morgan fingerprint density at radius 1 is 0.951 bits per heavy atom. The summed E-state index contributed by atoms with van der Waals surface area (Å²) in [4.78, 5) is 18.8. The number of nitrogens with one attached hydrogen (secondary N) is 2. The molecule has 0 radical (unpaired) electrons. The number of unbranched alkanes of at least 4 members (excludes halogenated alkanes) is 9. The highest BCUT2D eigenvalue weighted by molar-refractivity contribution is 7.99. The predicted molar refractivity (Wildman–Crippen MR) is 173 cm³/mol. The number of carbonyl (C=O) groups is 1. The van der Waals surface area contributed by atoms with E-state index in [4.69, 9.17) is 11.6 Å². The van der Waals surface area contributed by atoms with E-state index >= 15 is 0 Å². The van der Waals surface area contributed by atoms with Crippen LogP contribution in [0.15, 0.2) is 53.4 Å². The Morgan fingerprint density at radius 2 is 1.61 bits per heavy atom. The molecule has 2 heterocycles. The summed E-state index contributed by atoms with van der Waals surface area (Å²) < 4.78 is 1.61. The molecule has 2 aromatic carbocycles. The molecule has 4 aromatic rings. The molecular formula is C33H44ClN5OS. The summed E-state index contributed by atoms with van der Waals surface area (Å²) >= 11 is 8.45. The van der Waals surface area contributed by atoms with Crippen molar-refractivity contribution in [2.75, 3.05) is 11.1 Å². The molecule has 41 heavy (non-hydrogen) atoms. The van der Waals surface area contributed by atoms with Crippen LogP contribution in [0.25, 0.3) is 17.0 Å². The number of rotatable bonds is 15. The topological polar surface area (TPSA) is 75.1 Å². The third-order valence-corrected chi connectivity index (χ3v) is 8.71. The van der Waals surface area contributed by atoms with Crippen LogP contribution < -0.4 is 5.32 Å². The van der Waals surface area contributed by atoms with Gasteiger partial charge in [0, 0.05) is 27.1 Å². The Balaban J connectivity index is 1.23. The highest BCUT2D eigenvalue weighted by atomic mass is 35.5. The van der Waals surface area contributed by atoms with Crippen LogP contribution in [0.3, 0.4) is 0 Å². The maximum Gasteiger partial charge on any atom is 0.255 e. The molecule has 0 fully saturated rings. The lowest BCUT2D eigenvalue weighted by atomic mass is 9.92. The van der Waals surface area contributed by atoms with Crippen LogP contribution in [-0.2, 0) is 5.41 Å². The minimum absolute atomic E-state index is 0.142. The zero-order chi connectivity index (χ0) is 29.2. The quantitative estimate of drug-likeness (QED) is 0.106. The van der Waals surface area contributed by atoms with Crippen LogP contribution >= 0.6 is 23.4 Å². The number of aromatic amines is 1. The molecule has 0 atom stereocenters. The SMILES string of the molecule is CCCCCCCCCCCCSc1ccc(C(=O)Nc2cccc(-c3nc4c(Cl)c(C(C)(C)C)[nH]n4n3)c2)cc1. The summed E-state index contributed by atoms with van der Waals surface area (Å²) in [7, 11) is 0. The normalized spacial score (nSPS) is 11.8. The van der Waals surface area contributed by atoms with Gasteiger partial charge in [-0.1, -0.05) is 109 Å². The summed E-state index contributed by atoms with van der Waals surface area (Å²) in [6.45, 7) is 8.53. The predicted octanol–water partition coefficient (Wildman–Crippen LogP) is 9.94. The molecular weight excluding hydrogens is 550 g/mol. The molecule has 0 saturated heterocycles. The first-order valence-corrected chi connectivity index (χ1v) is 16.4. The Bertz CT molecular complexity index is 1400. The molecule has 0 bridgehead atoms. The first-order chi connectivity index (χ1) is 19.8. The van der Waals surface area contributed by atoms with Crippen molar-refractivity contribution < 1.29 is 4.79 Å². The first kappa shape index (κ1) is 31.2. The van der Waals surface area contributed by atoms with E-state index in [1.54, 1.807) is 4.63 Å². The van der Waals surface area contributed by atoms with E-state index in [2.05, 4.69) is 48.2 Å². The monoisotopic (exact) mass is 593 g/mol. The number of H-pyrrole nitrogens is 1. The van der Waals surface area contributed by atoms with Gasteiger partial charge in [-0.25, -0.2) is 4.98 Å². The van der Waals surface area contributed by atoms with Crippen LogP contribution in [0, 0.1) is 0 Å². The van der Waals surface area contributed by atoms with E-state index in [0.29, 0.717) is 27.7 Å². The number of benzene rings is 2. The highest BCUT2D eigenvalue weighted by Gasteiger charge is 2.24. The van der Waals surface area contributed by atoms with E-state index < -0.39 is 0 Å². The maximum absolute atomic E-state index is 12.9. The molecule has 4 rings (SSSR count). The maximum atomic E-state index is 12.9. The molecule has 1 amide bonds. The molecule has 2 N–H and O–H groups in total. The Kier molecular flexibility index (Phi) is 11.3. The van der Waals surface area contributed by atoms with Crippen molar-refractivity contribution in [3.8, 4) is 11.4 Å². The van der Waals surface area contributed by atoms with Crippen molar-refractivity contribution in [2.45, 2.75) is 102 Å². The van der Waals surface area contributed by atoms with Gasteiger partial charge in [-0.05, 0) is 48.6 Å². The minimum Gasteiger partial charge on any atom is -0.322 e. The van der Waals surface area contributed by atoms with Crippen LogP contribution in [0.5, 0.6) is 0 Å². The summed E-state index contributed by atoms with van der Waals surface area (Å²) in [5, 5.41) is 11.4. The molecule has 0 aliphatic carbocycles. The van der Waals surface area contributed by atoms with Crippen LogP contribution in [-0.4, -0.2) is 31.5 Å². The summed E-state index contributed by atoms with van der Waals surface area (Å²) in [6.07, 6.45) is 13.5. The second-order valence-corrected chi connectivity index (χ2v) is 13.4. The van der Waals surface area contributed by atoms with Crippen molar-refractivity contribution in [2.24, 2.45) is 0 Å². The summed E-state index contributed by atoms with van der Waals surface area (Å²) in [5.41, 5.74) is 3.46. The van der Waals surface area contributed by atoms with Gasteiger partial charge in [-0.2, -0.15) is 4.63 Å². The van der Waals surface area contributed by atoms with Gasteiger partial charge in [0.1, 0.15) is 5.02 Å². The number of thioether (sulfide) groups is 1. The van der Waals surface area contributed by atoms with E-state index in [9.17, 15) is 4.79 Å². The largest absolute Gasteiger partial charge is 0.322 e. The van der Waals surface area contributed by atoms with Crippen molar-refractivity contribution in [3.63, 3.8) is 0 Å². The lowest BCUT2D eigenvalue weighted by Crippen LogP contribution is -2.13. The summed E-state index contributed by atoms with van der Waals surface area (Å²) in [5.74, 6) is 1.52. The number of amides is 1. The first-order valence-electron chi connectivity index (χ1n) is 15.1. The van der Waals surface area contributed by atoms with E-state index in [0.717, 1.165) is 17.0 Å². The van der Waals surface area contributed by atoms with E-state index in [1.807, 2.05) is 60.3 Å². The smallest absolute Gasteiger partial charge is 0.255 e. The fourth-order valence-corrected chi connectivity index (χ4v) is 6.20. The lowest BCUT2D eigenvalue weighted by molar-refractivity contribution is 0.102. The van der Waals surface area contributed by atoms with E-state index in [-0.39, 0.29) is 11.3 Å². The third-order valence-electron chi connectivity index (χ3n) is 7.25. The highest BCUT2D eigenvalue weighted by Crippen LogP contribution is 2.32. The lowest BCUT2D eigenvalue weighted by Gasteiger charge is -2.16. The Hall–Kier alpha value is -2.77. The van der Waals surface area contributed by atoms with Crippen LogP contribution in [0.1, 0.15) is 108 Å². The molecule has 0 spiro atoms. The van der Waals surface area contributed by atoms with Gasteiger partial charge in [0.25, 0.3) is 5.91 Å². The Labute approximate surface area is 254 Å². The fourth-order valence-electron chi connectivity index (χ4n) is 4.84. The zero-order valence-electron chi connectivity index (χ0n) is 24.9. The van der Waals surface area contributed by atoms with Gasteiger partial charge in [0.2, 0.25) is 0 Å². The number of hydrogen-bond acceptors (Lipinski definition) is 4. The number of halogens is 1. The minimum atomic E-state index is -0.145. The Morgan fingerprint density at radius 3 is 2.24 bits per heavy atom. The second-order valence-electron chi connectivity index (χ2n) is 11.8. The van der Waals surface area contributed by atoms with Gasteiger partial charge in [-0.3, -0.25) is 9.89 Å². The third kappa shape index (κ3) is 8.86. The van der Waals surface area contributed by atoms with E-state index in [1.165, 1.54) is 69.1 Å². The fraction of sp³-hybridized carbons (Fsp3) is 0.485. The number of aromatic nitrogens is 4. The molecule has 6 nitrogen and oxygen atoms in total. The number of anilines is 1. The second kappa shape index (κ2) is 14.9.